The van der Waals surface area contributed by atoms with E-state index in [-0.39, 0.29) is 17.1 Å². The van der Waals surface area contributed by atoms with Gasteiger partial charge in [-0.05, 0) is 0 Å². The molecular weight excluding hydrogens is 2160 g/mol. The number of carboxylic acids is 2. The molecule has 761 valence electrons. The Morgan fingerprint density at radius 1 is 0.142 bits per heavy atom. The second-order valence-corrected chi connectivity index (χ2v) is 23.1. The third-order valence-electron chi connectivity index (χ3n) is 13.6. The Balaban J connectivity index is -0.00000119. The Morgan fingerprint density at radius 2 is 0.220 bits per heavy atom. The van der Waals surface area contributed by atoms with Crippen LogP contribution in [0.3, 0.4) is 0 Å². The number of carbonyl (C=O) groups excluding carboxylic acids is 3. The molecule has 0 aliphatic rings. The van der Waals surface area contributed by atoms with Crippen molar-refractivity contribution in [3.8, 4) is 0 Å². The van der Waals surface area contributed by atoms with Crippen LogP contribution in [0.2, 0.25) is 0 Å². The van der Waals surface area contributed by atoms with Crippen LogP contribution in [0.1, 0.15) is 0 Å². The molecule has 0 aliphatic heterocycles. The fraction of sp³-hybridized carbons (Fsp3) is 0.875. The van der Waals surface area contributed by atoms with Crippen LogP contribution < -0.4 is 0 Å². The van der Waals surface area contributed by atoms with E-state index in [9.17, 15) is 353 Å². The molecule has 0 spiro atoms. The molecule has 1 radical (unpaired) electrons. The normalized spacial score (nSPS) is 16.1. The van der Waals surface area contributed by atoms with Crippen molar-refractivity contribution < 1.29 is 392 Å². The average Bonchev–Trinajstić information content (AvgIpc) is 0.717. The number of aliphatic carboxylic acids is 2. The first-order chi connectivity index (χ1) is 52.9. The third kappa shape index (κ3) is 17.6. The molecule has 0 aromatic carbocycles. The van der Waals surface area contributed by atoms with Crippen LogP contribution in [-0.2, 0) is 52.4 Å². The summed E-state index contributed by atoms with van der Waals surface area (Å²) in [5.41, 5.74) is 0. The summed E-state index contributed by atoms with van der Waals surface area (Å²) in [6, 6.07) is 0. The molecule has 0 bridgehead atoms. The molecule has 0 atom stereocenters. The smallest absolute Gasteiger partial charge is 0.546 e. The minimum atomic E-state index is -9.75. The minimum absolute atomic E-state index is 0. The molecule has 10 nitrogen and oxygen atoms in total. The van der Waals surface area contributed by atoms with Gasteiger partial charge in [0.15, 0.2) is 0 Å². The predicted molar refractivity (Wildman–Crippen MR) is 218 cm³/mol. The van der Waals surface area contributed by atoms with Gasteiger partial charge in [-0.15, -0.1) is 0 Å². The van der Waals surface area contributed by atoms with Crippen LogP contribution >= 0.6 is 0 Å². The SMILES string of the molecule is O=C(O)C(F)(F)C(F)(F)C(F)(F)C(F)(F)C(F)(F)C(F)(F)C(F)(F)F.O=C(O)C(F)(F)C(F)(F)C(F)(F)C(F)(F)C(F)(F)C(F)(F)C(F)(F)F.O=C([O][Al]([O]C(=O)C(F)(F)C(F)(F)C(F)(F)C(F)(F)C(F)(F)C(F)(F)C(F)(F)F)[O]C(=O)C(F)(F)C(F)(F)C(F)(F)C(F)(F)C(F)(F)C(F)(F)C(F)(F)F)C(F)(F)C(F)(F)C(F)(F)C(F)(F)C(F)(F)C(F)(F)C(F)(F)F.[Cu]. The van der Waals surface area contributed by atoms with E-state index in [1.54, 1.807) is 0 Å². The number of hydrogen-bond donors (Lipinski definition) is 2. The molecule has 0 aromatic rings. The monoisotopic (exact) mass is 2160 g/mol. The number of hydrogen-bond acceptors (Lipinski definition) is 8. The first-order valence-electron chi connectivity index (χ1n) is 25.7. The van der Waals surface area contributed by atoms with Crippen LogP contribution in [0.25, 0.3) is 0 Å². The first-order valence-corrected chi connectivity index (χ1v) is 27.1. The van der Waals surface area contributed by atoms with Crippen molar-refractivity contribution in [2.45, 2.75) is 209 Å². The van der Waals surface area contributed by atoms with Crippen molar-refractivity contribution in [2.24, 2.45) is 0 Å². The molecule has 0 amide bonds. The van der Waals surface area contributed by atoms with Gasteiger partial charge in [-0.2, -0.15) is 329 Å². The van der Waals surface area contributed by atoms with Crippen molar-refractivity contribution in [3.05, 3.63) is 0 Å². The predicted octanol–water partition coefficient (Wildman–Crippen LogP) is 21.6. The Kier molecular flexibility index (Phi) is 33.0. The minimum Gasteiger partial charge on any atom is -0.546 e. The molecule has 0 rings (SSSR count). The molecule has 0 aromatic heterocycles. The van der Waals surface area contributed by atoms with Crippen LogP contribution in [0.15, 0.2) is 0 Å². The second kappa shape index (κ2) is 33.1. The molecule has 87 heteroatoms. The Morgan fingerprint density at radius 3 is 0.307 bits per heavy atom. The number of rotatable bonds is 33. The van der Waals surface area contributed by atoms with Gasteiger partial charge in [0.2, 0.25) is 0 Å². The zero-order valence-corrected chi connectivity index (χ0v) is 55.5. The summed E-state index contributed by atoms with van der Waals surface area (Å²) >= 11 is -9.00. The number of alkyl halides is 75. The summed E-state index contributed by atoms with van der Waals surface area (Å²) in [6.07, 6.45) is -40.8. The molecule has 127 heavy (non-hydrogen) atoms. The van der Waals surface area contributed by atoms with E-state index in [1.165, 1.54) is 0 Å². The molecular formula is C40H2AlCuF75O10. The van der Waals surface area contributed by atoms with Crippen molar-refractivity contribution >= 4 is 45.0 Å². The molecule has 2 N–H and O–H groups in total. The fourth-order valence-electron chi connectivity index (χ4n) is 6.04. The van der Waals surface area contributed by atoms with Crippen LogP contribution in [0.5, 0.6) is 0 Å². The maximum absolute atomic E-state index is 14.3. The van der Waals surface area contributed by atoms with Gasteiger partial charge in [-0.25, -0.2) is 24.0 Å². The van der Waals surface area contributed by atoms with Gasteiger partial charge >= 0.3 is 254 Å². The van der Waals surface area contributed by atoms with Crippen LogP contribution in [0.4, 0.5) is 329 Å². The first kappa shape index (κ1) is 126. The number of halogens is 75. The van der Waals surface area contributed by atoms with Gasteiger partial charge in [0.1, 0.15) is 0 Å². The Bertz CT molecular complexity index is 3560. The molecule has 0 heterocycles. The third-order valence-corrected chi connectivity index (χ3v) is 14.8. The second-order valence-electron chi connectivity index (χ2n) is 21.8. The summed E-state index contributed by atoms with van der Waals surface area (Å²) in [4.78, 5) is 54.3. The van der Waals surface area contributed by atoms with Gasteiger partial charge in [0.25, 0.3) is 0 Å². The fourth-order valence-corrected chi connectivity index (χ4v) is 7.16. The van der Waals surface area contributed by atoms with Crippen molar-refractivity contribution in [3.63, 3.8) is 0 Å². The van der Waals surface area contributed by atoms with E-state index in [0.29, 0.717) is 0 Å². The Hall–Kier alpha value is -6.85. The standard InChI is InChI=1S/5C8HF15O2.Al.Cu/c5*9-2(10,1(24)25)3(11,12)4(13,14)5(15,16)6(17,18)7(19,20)8(21,22)23;;/h5*(H,24,25);;/q;;;;;+3;/p-3. The zero-order chi connectivity index (χ0) is 105. The molecule has 0 fully saturated rings. The van der Waals surface area contributed by atoms with Crippen LogP contribution in [0, 0.1) is 0 Å². The van der Waals surface area contributed by atoms with E-state index < -0.39 is 254 Å². The van der Waals surface area contributed by atoms with E-state index >= 15 is 0 Å². The molecule has 0 saturated heterocycles. The van der Waals surface area contributed by atoms with Crippen molar-refractivity contribution in [2.75, 3.05) is 0 Å². The topological polar surface area (TPSA) is 153 Å². The number of carboxylic acid groups (broad SMARTS) is 2. The van der Waals surface area contributed by atoms with E-state index in [1.807, 2.05) is 11.4 Å². The van der Waals surface area contributed by atoms with Crippen molar-refractivity contribution in [1.29, 1.82) is 0 Å². The summed E-state index contributed by atoms with van der Waals surface area (Å²) in [6.45, 7) is 0. The summed E-state index contributed by atoms with van der Waals surface area (Å²) in [7, 11) is 0. The van der Waals surface area contributed by atoms with E-state index in [4.69, 9.17) is 10.2 Å². The average molecular weight is 2160 g/mol. The van der Waals surface area contributed by atoms with Gasteiger partial charge in [-0.1, -0.05) is 0 Å². The van der Waals surface area contributed by atoms with E-state index in [0.717, 1.165) is 0 Å². The van der Waals surface area contributed by atoms with Gasteiger partial charge in [0, 0.05) is 17.1 Å². The maximum atomic E-state index is 14.3. The van der Waals surface area contributed by atoms with Gasteiger partial charge in [0.05, 0.1) is 0 Å². The summed E-state index contributed by atoms with van der Waals surface area (Å²) in [5, 5.41) is 15.1. The van der Waals surface area contributed by atoms with Crippen molar-refractivity contribution in [1.82, 2.24) is 0 Å². The van der Waals surface area contributed by atoms with Gasteiger partial charge < -0.3 is 21.6 Å². The Labute approximate surface area is 645 Å². The zero-order valence-electron chi connectivity index (χ0n) is 53.4. The molecule has 0 saturated carbocycles. The maximum Gasteiger partial charge on any atom is 1.20 e. The summed E-state index contributed by atoms with van der Waals surface area (Å²) in [5.74, 6) is -294. The largest absolute Gasteiger partial charge is 1.20 e. The van der Waals surface area contributed by atoms with Gasteiger partial charge in [-0.3, -0.25) is 0 Å². The summed E-state index contributed by atoms with van der Waals surface area (Å²) < 4.78 is 984. The van der Waals surface area contributed by atoms with Crippen LogP contribution in [-0.4, -0.2) is 264 Å². The number of carbonyl (C=O) groups is 5. The van der Waals surface area contributed by atoms with E-state index in [2.05, 4.69) is 0 Å². The molecule has 0 unspecified atom stereocenters. The molecule has 0 aliphatic carbocycles. The quantitative estimate of drug-likeness (QED) is 0.0479.